The molecule has 32 heavy (non-hydrogen) atoms. The number of thioether (sulfide) groups is 1. The van der Waals surface area contributed by atoms with Crippen LogP contribution < -0.4 is 0 Å². The average molecular weight is 464 g/mol. The van der Waals surface area contributed by atoms with E-state index in [1.54, 1.807) is 36.2 Å². The van der Waals surface area contributed by atoms with Gasteiger partial charge in [0, 0.05) is 25.4 Å². The van der Waals surface area contributed by atoms with Crippen LogP contribution in [0.25, 0.3) is 11.6 Å². The first kappa shape index (κ1) is 21.5. The maximum absolute atomic E-state index is 12.8. The van der Waals surface area contributed by atoms with Crippen LogP contribution in [0.3, 0.4) is 0 Å². The monoisotopic (exact) mass is 463 g/mol. The minimum absolute atomic E-state index is 0.252. The molecule has 2 unspecified atom stereocenters. The summed E-state index contributed by atoms with van der Waals surface area (Å²) in [4.78, 5) is 2.49. The van der Waals surface area contributed by atoms with Gasteiger partial charge >= 0.3 is 6.18 Å². The third kappa shape index (κ3) is 4.17. The number of likely N-dealkylation sites (tertiary alicyclic amines) is 1. The summed E-state index contributed by atoms with van der Waals surface area (Å²) in [6.07, 6.45) is 0.547. The van der Waals surface area contributed by atoms with E-state index in [1.807, 2.05) is 11.6 Å². The summed E-state index contributed by atoms with van der Waals surface area (Å²) in [5.74, 6) is 2.59. The molecule has 1 saturated heterocycles. The van der Waals surface area contributed by atoms with Gasteiger partial charge in [-0.3, -0.25) is 0 Å². The molecule has 1 aliphatic heterocycles. The molecular weight excluding hydrogens is 439 g/mol. The van der Waals surface area contributed by atoms with Gasteiger partial charge in [0.2, 0.25) is 11.6 Å². The molecule has 3 heterocycles. The highest BCUT2D eigenvalue weighted by molar-refractivity contribution is 7.99. The number of hydrogen-bond donors (Lipinski definition) is 0. The molecule has 1 saturated carbocycles. The van der Waals surface area contributed by atoms with Gasteiger partial charge in [-0.05, 0) is 61.4 Å². The summed E-state index contributed by atoms with van der Waals surface area (Å²) in [5, 5.41) is 13.0. The Kier molecular flexibility index (Phi) is 5.53. The van der Waals surface area contributed by atoms with E-state index >= 15 is 0 Å². The Morgan fingerprint density at radius 2 is 2.00 bits per heavy atom. The van der Waals surface area contributed by atoms with E-state index in [0.717, 1.165) is 55.4 Å². The normalized spacial score (nSPS) is 23.3. The number of alkyl halides is 3. The highest BCUT2D eigenvalue weighted by atomic mass is 32.2. The molecule has 1 aliphatic carbocycles. The predicted molar refractivity (Wildman–Crippen MR) is 114 cm³/mol. The van der Waals surface area contributed by atoms with Gasteiger partial charge in [-0.15, -0.1) is 10.2 Å². The summed E-state index contributed by atoms with van der Waals surface area (Å²) < 4.78 is 45.5. The lowest BCUT2D eigenvalue weighted by molar-refractivity contribution is -0.137. The second-order valence-corrected chi connectivity index (χ2v) is 9.77. The van der Waals surface area contributed by atoms with Gasteiger partial charge < -0.3 is 14.0 Å². The van der Waals surface area contributed by atoms with Crippen molar-refractivity contribution in [2.75, 3.05) is 25.4 Å². The summed E-state index contributed by atoms with van der Waals surface area (Å²) in [5.41, 5.74) is 0.722. The van der Waals surface area contributed by atoms with Gasteiger partial charge in [0.1, 0.15) is 0 Å². The van der Waals surface area contributed by atoms with Gasteiger partial charge in [0.25, 0.3) is 0 Å². The summed E-state index contributed by atoms with van der Waals surface area (Å²) >= 11 is 1.67. The Morgan fingerprint density at radius 1 is 1.19 bits per heavy atom. The van der Waals surface area contributed by atoms with Crippen molar-refractivity contribution < 1.29 is 17.7 Å². The molecule has 0 bridgehead atoms. The Labute approximate surface area is 188 Å². The van der Waals surface area contributed by atoms with Crippen molar-refractivity contribution in [1.29, 1.82) is 0 Å². The van der Waals surface area contributed by atoms with Crippen molar-refractivity contribution in [3.05, 3.63) is 47.7 Å². The summed E-state index contributed by atoms with van der Waals surface area (Å²) in [6, 6.07) is 7.51. The summed E-state index contributed by atoms with van der Waals surface area (Å²) in [6.45, 7) is 3.10. The van der Waals surface area contributed by atoms with Gasteiger partial charge in [0.05, 0.1) is 11.8 Å². The van der Waals surface area contributed by atoms with E-state index < -0.39 is 11.7 Å². The topological polar surface area (TPSA) is 60.0 Å². The molecule has 2 aliphatic rings. The molecule has 1 aromatic carbocycles. The van der Waals surface area contributed by atoms with Crippen molar-refractivity contribution in [3.8, 4) is 11.6 Å². The Morgan fingerprint density at radius 3 is 2.72 bits per heavy atom. The first-order valence-electron chi connectivity index (χ1n) is 10.7. The number of benzene rings is 1. The second kappa shape index (κ2) is 8.22. The molecule has 2 fully saturated rings. The van der Waals surface area contributed by atoms with Crippen molar-refractivity contribution in [3.63, 3.8) is 0 Å². The lowest BCUT2D eigenvalue weighted by Gasteiger charge is -2.16. The minimum atomic E-state index is -4.27. The van der Waals surface area contributed by atoms with Gasteiger partial charge in [-0.2, -0.15) is 13.2 Å². The van der Waals surface area contributed by atoms with Crippen LogP contribution in [-0.4, -0.2) is 50.2 Å². The average Bonchev–Trinajstić information content (AvgIpc) is 3.16. The van der Waals surface area contributed by atoms with Crippen LogP contribution in [0.5, 0.6) is 0 Å². The van der Waals surface area contributed by atoms with E-state index in [4.69, 9.17) is 4.52 Å². The van der Waals surface area contributed by atoms with E-state index in [0.29, 0.717) is 17.5 Å². The van der Waals surface area contributed by atoms with Crippen LogP contribution in [0.4, 0.5) is 13.2 Å². The molecule has 0 radical (unpaired) electrons. The molecule has 0 N–H and O–H groups in total. The Bertz CT molecular complexity index is 1070. The molecule has 3 aromatic rings. The van der Waals surface area contributed by atoms with Gasteiger partial charge in [-0.25, -0.2) is 0 Å². The molecular formula is C22H24F3N5OS. The molecule has 5 rings (SSSR count). The first-order valence-corrected chi connectivity index (χ1v) is 11.7. The SMILES string of the molecule is Cn1c(SCCCN2CCC3(CC3c3ccc(C(F)(F)F)cc3)C2)nnc1-c1ccno1. The van der Waals surface area contributed by atoms with Crippen LogP contribution in [0.15, 0.2) is 46.2 Å². The maximum atomic E-state index is 12.8. The minimum Gasteiger partial charge on any atom is -0.353 e. The summed E-state index contributed by atoms with van der Waals surface area (Å²) in [7, 11) is 1.92. The molecule has 2 atom stereocenters. The number of rotatable bonds is 7. The van der Waals surface area contributed by atoms with Gasteiger partial charge in [-0.1, -0.05) is 29.1 Å². The van der Waals surface area contributed by atoms with Crippen molar-refractivity contribution in [2.45, 2.75) is 36.5 Å². The Hall–Kier alpha value is -2.33. The zero-order valence-corrected chi connectivity index (χ0v) is 18.5. The fourth-order valence-electron chi connectivity index (χ4n) is 4.79. The zero-order chi connectivity index (χ0) is 22.3. The Balaban J connectivity index is 1.08. The van der Waals surface area contributed by atoms with E-state index in [-0.39, 0.29) is 5.41 Å². The molecule has 1 spiro atoms. The van der Waals surface area contributed by atoms with Gasteiger partial charge in [0.15, 0.2) is 5.16 Å². The quantitative estimate of drug-likeness (QED) is 0.369. The fourth-order valence-corrected chi connectivity index (χ4v) is 5.62. The molecule has 10 heteroatoms. The van der Waals surface area contributed by atoms with Crippen LogP contribution in [0.1, 0.15) is 36.3 Å². The van der Waals surface area contributed by atoms with Crippen molar-refractivity contribution in [2.24, 2.45) is 12.5 Å². The zero-order valence-electron chi connectivity index (χ0n) is 17.7. The van der Waals surface area contributed by atoms with Crippen LogP contribution in [0, 0.1) is 5.41 Å². The highest BCUT2D eigenvalue weighted by Crippen LogP contribution is 2.64. The third-order valence-corrected chi connectivity index (χ3v) is 7.74. The number of nitrogens with zero attached hydrogens (tertiary/aromatic N) is 5. The first-order chi connectivity index (χ1) is 15.4. The smallest absolute Gasteiger partial charge is 0.353 e. The predicted octanol–water partition coefficient (Wildman–Crippen LogP) is 4.85. The van der Waals surface area contributed by atoms with E-state index in [2.05, 4.69) is 20.3 Å². The highest BCUT2D eigenvalue weighted by Gasteiger charge is 2.57. The fraction of sp³-hybridized carbons (Fsp3) is 0.500. The van der Waals surface area contributed by atoms with Crippen molar-refractivity contribution >= 4 is 11.8 Å². The molecule has 6 nitrogen and oxygen atoms in total. The lowest BCUT2D eigenvalue weighted by Crippen LogP contribution is -2.23. The maximum Gasteiger partial charge on any atom is 0.416 e. The molecule has 170 valence electrons. The van der Waals surface area contributed by atoms with Crippen LogP contribution >= 0.6 is 11.8 Å². The number of hydrogen-bond acceptors (Lipinski definition) is 6. The van der Waals surface area contributed by atoms with Crippen LogP contribution in [0.2, 0.25) is 0 Å². The largest absolute Gasteiger partial charge is 0.416 e. The molecule has 0 amide bonds. The van der Waals surface area contributed by atoms with E-state index in [9.17, 15) is 13.2 Å². The van der Waals surface area contributed by atoms with E-state index in [1.165, 1.54) is 12.1 Å². The third-order valence-electron chi connectivity index (χ3n) is 6.64. The number of aromatic nitrogens is 4. The lowest BCUT2D eigenvalue weighted by atomic mass is 9.97. The molecule has 2 aromatic heterocycles. The van der Waals surface area contributed by atoms with Crippen LogP contribution in [-0.2, 0) is 13.2 Å². The standard InChI is InChI=1S/C22H24F3N5OS/c1-29-19(18-7-9-26-31-18)27-28-20(29)32-12-2-10-30-11-8-21(14-30)13-17(21)15-3-5-16(6-4-15)22(23,24)25/h3-7,9,17H,2,8,10-14H2,1H3. The number of halogens is 3. The van der Waals surface area contributed by atoms with Crippen molar-refractivity contribution in [1.82, 2.24) is 24.8 Å². The second-order valence-electron chi connectivity index (χ2n) is 8.71.